The predicted molar refractivity (Wildman–Crippen MR) is 60.5 cm³/mol. The molecule has 0 radical (unpaired) electrons. The number of carbonyl (C=O) groups is 1. The zero-order valence-electron chi connectivity index (χ0n) is 8.14. The molecule has 0 spiro atoms. The molecule has 1 aliphatic rings. The van der Waals surface area contributed by atoms with Gasteiger partial charge in [0, 0.05) is 18.0 Å². The zero-order valence-corrected chi connectivity index (χ0v) is 8.96. The van der Waals surface area contributed by atoms with Gasteiger partial charge in [-0.15, -0.1) is 0 Å². The van der Waals surface area contributed by atoms with Gasteiger partial charge in [-0.3, -0.25) is 0 Å². The molecule has 1 aromatic heterocycles. The Labute approximate surface area is 92.1 Å². The fraction of sp³-hybridized carbons (Fsp3) is 0.400. The average Bonchev–Trinajstić information content (AvgIpc) is 2.71. The summed E-state index contributed by atoms with van der Waals surface area (Å²) in [5, 5.41) is 12.2. The Morgan fingerprint density at radius 1 is 1.67 bits per heavy atom. The van der Waals surface area contributed by atoms with Crippen LogP contribution in [-0.4, -0.2) is 33.6 Å². The Morgan fingerprint density at radius 2 is 2.53 bits per heavy atom. The number of carboxylic acids is 1. The van der Waals surface area contributed by atoms with Crippen LogP contribution in [0.25, 0.3) is 0 Å². The van der Waals surface area contributed by atoms with Crippen LogP contribution in [0.15, 0.2) is 18.3 Å². The Kier molecular flexibility index (Phi) is 3.11. The van der Waals surface area contributed by atoms with Gasteiger partial charge in [-0.1, -0.05) is 0 Å². The van der Waals surface area contributed by atoms with Crippen molar-refractivity contribution in [2.24, 2.45) is 0 Å². The second-order valence-corrected chi connectivity index (χ2v) is 4.56. The lowest BCUT2D eigenvalue weighted by Crippen LogP contribution is -2.20. The molecule has 15 heavy (non-hydrogen) atoms. The van der Waals surface area contributed by atoms with Crippen molar-refractivity contribution < 1.29 is 9.90 Å². The lowest BCUT2D eigenvalue weighted by Gasteiger charge is -2.13. The zero-order chi connectivity index (χ0) is 10.7. The van der Waals surface area contributed by atoms with Crippen molar-refractivity contribution in [1.82, 2.24) is 4.98 Å². The lowest BCUT2D eigenvalue weighted by atomic mass is 10.2. The molecule has 1 fully saturated rings. The summed E-state index contributed by atoms with van der Waals surface area (Å²) in [4.78, 5) is 14.7. The standard InChI is InChI=1S/C10H12N2O2S/c13-10(14)9-8(2-1-4-11-9)12-7-3-5-15-6-7/h1-2,4,7,12H,3,5-6H2,(H,13,14). The van der Waals surface area contributed by atoms with Crippen molar-refractivity contribution in [2.45, 2.75) is 12.5 Å². The van der Waals surface area contributed by atoms with Gasteiger partial charge < -0.3 is 10.4 Å². The average molecular weight is 224 g/mol. The van der Waals surface area contributed by atoms with E-state index < -0.39 is 5.97 Å². The van der Waals surface area contributed by atoms with Crippen LogP contribution in [0, 0.1) is 0 Å². The molecule has 2 rings (SSSR count). The van der Waals surface area contributed by atoms with Crippen LogP contribution in [0.3, 0.4) is 0 Å². The number of rotatable bonds is 3. The maximum atomic E-state index is 10.9. The van der Waals surface area contributed by atoms with Crippen LogP contribution in [0.4, 0.5) is 5.69 Å². The maximum Gasteiger partial charge on any atom is 0.356 e. The fourth-order valence-corrected chi connectivity index (χ4v) is 2.71. The summed E-state index contributed by atoms with van der Waals surface area (Å²) in [7, 11) is 0. The monoisotopic (exact) mass is 224 g/mol. The molecule has 0 bridgehead atoms. The van der Waals surface area contributed by atoms with Crippen LogP contribution in [0.1, 0.15) is 16.9 Å². The van der Waals surface area contributed by atoms with E-state index in [9.17, 15) is 4.79 Å². The van der Waals surface area contributed by atoms with E-state index in [0.717, 1.165) is 17.9 Å². The smallest absolute Gasteiger partial charge is 0.356 e. The predicted octanol–water partition coefficient (Wildman–Crippen LogP) is 1.70. The molecule has 80 valence electrons. The van der Waals surface area contributed by atoms with Gasteiger partial charge in [-0.25, -0.2) is 9.78 Å². The molecule has 1 unspecified atom stereocenters. The van der Waals surface area contributed by atoms with E-state index in [1.165, 1.54) is 6.20 Å². The van der Waals surface area contributed by atoms with Gasteiger partial charge in [-0.05, 0) is 24.3 Å². The van der Waals surface area contributed by atoms with Crippen molar-refractivity contribution in [3.63, 3.8) is 0 Å². The van der Waals surface area contributed by atoms with Crippen LogP contribution < -0.4 is 5.32 Å². The summed E-state index contributed by atoms with van der Waals surface area (Å²) in [5.74, 6) is 1.19. The summed E-state index contributed by atoms with van der Waals surface area (Å²) >= 11 is 1.89. The molecule has 2 N–H and O–H groups in total. The van der Waals surface area contributed by atoms with Gasteiger partial charge in [0.15, 0.2) is 5.69 Å². The number of aromatic carboxylic acids is 1. The number of hydrogen-bond acceptors (Lipinski definition) is 4. The van der Waals surface area contributed by atoms with Gasteiger partial charge in [0.25, 0.3) is 0 Å². The van der Waals surface area contributed by atoms with E-state index >= 15 is 0 Å². The van der Waals surface area contributed by atoms with E-state index in [4.69, 9.17) is 5.11 Å². The molecular formula is C10H12N2O2S. The summed E-state index contributed by atoms with van der Waals surface area (Å²) in [6.45, 7) is 0. The van der Waals surface area contributed by atoms with Gasteiger partial charge >= 0.3 is 5.97 Å². The number of anilines is 1. The van der Waals surface area contributed by atoms with E-state index in [1.54, 1.807) is 12.1 Å². The summed E-state index contributed by atoms with van der Waals surface area (Å²) in [5.41, 5.74) is 0.729. The van der Waals surface area contributed by atoms with Crippen molar-refractivity contribution in [1.29, 1.82) is 0 Å². The molecule has 1 aliphatic heterocycles. The molecule has 1 aromatic rings. The quantitative estimate of drug-likeness (QED) is 0.818. The molecule has 0 aromatic carbocycles. The molecule has 5 heteroatoms. The van der Waals surface area contributed by atoms with Gasteiger partial charge in [-0.2, -0.15) is 11.8 Å². The lowest BCUT2D eigenvalue weighted by molar-refractivity contribution is 0.0691. The molecule has 4 nitrogen and oxygen atoms in total. The van der Waals surface area contributed by atoms with Crippen LogP contribution in [-0.2, 0) is 0 Å². The highest BCUT2D eigenvalue weighted by Crippen LogP contribution is 2.22. The number of pyridine rings is 1. The minimum atomic E-state index is -0.983. The number of nitrogens with zero attached hydrogens (tertiary/aromatic N) is 1. The molecule has 1 saturated heterocycles. The highest BCUT2D eigenvalue weighted by atomic mass is 32.2. The minimum Gasteiger partial charge on any atom is -0.476 e. The first kappa shape index (κ1) is 10.3. The second-order valence-electron chi connectivity index (χ2n) is 3.41. The molecule has 0 amide bonds. The number of thioether (sulfide) groups is 1. The van der Waals surface area contributed by atoms with Gasteiger partial charge in [0.2, 0.25) is 0 Å². The highest BCUT2D eigenvalue weighted by Gasteiger charge is 2.18. The van der Waals surface area contributed by atoms with E-state index in [2.05, 4.69) is 10.3 Å². The largest absolute Gasteiger partial charge is 0.476 e. The van der Waals surface area contributed by atoms with Gasteiger partial charge in [0.1, 0.15) is 0 Å². The van der Waals surface area contributed by atoms with Crippen LogP contribution >= 0.6 is 11.8 Å². The molecule has 0 saturated carbocycles. The van der Waals surface area contributed by atoms with Crippen molar-refractivity contribution in [3.8, 4) is 0 Å². The maximum absolute atomic E-state index is 10.9. The molecule has 1 atom stereocenters. The SMILES string of the molecule is O=C(O)c1ncccc1NC1CCSC1. The van der Waals surface area contributed by atoms with Crippen LogP contribution in [0.5, 0.6) is 0 Å². The first-order chi connectivity index (χ1) is 7.27. The Morgan fingerprint density at radius 3 is 3.20 bits per heavy atom. The highest BCUT2D eigenvalue weighted by molar-refractivity contribution is 7.99. The fourth-order valence-electron chi connectivity index (χ4n) is 1.56. The number of hydrogen-bond donors (Lipinski definition) is 2. The topological polar surface area (TPSA) is 62.2 Å². The first-order valence-electron chi connectivity index (χ1n) is 4.80. The third-order valence-corrected chi connectivity index (χ3v) is 3.46. The number of carboxylic acid groups (broad SMARTS) is 1. The van der Waals surface area contributed by atoms with Crippen molar-refractivity contribution >= 4 is 23.4 Å². The summed E-state index contributed by atoms with van der Waals surface area (Å²) in [6, 6.07) is 3.88. The van der Waals surface area contributed by atoms with Crippen LogP contribution in [0.2, 0.25) is 0 Å². The number of nitrogens with one attached hydrogen (secondary N) is 1. The summed E-state index contributed by atoms with van der Waals surface area (Å²) in [6.07, 6.45) is 2.58. The first-order valence-corrected chi connectivity index (χ1v) is 5.95. The van der Waals surface area contributed by atoms with Gasteiger partial charge in [0.05, 0.1) is 5.69 Å². The van der Waals surface area contributed by atoms with Crippen molar-refractivity contribution in [2.75, 3.05) is 16.8 Å². The molecular weight excluding hydrogens is 212 g/mol. The second kappa shape index (κ2) is 4.53. The number of aromatic nitrogens is 1. The van der Waals surface area contributed by atoms with E-state index in [0.29, 0.717) is 11.7 Å². The Bertz CT molecular complexity index is 364. The Hall–Kier alpha value is -1.23. The van der Waals surface area contributed by atoms with Crippen molar-refractivity contribution in [3.05, 3.63) is 24.0 Å². The summed E-state index contributed by atoms with van der Waals surface area (Å²) < 4.78 is 0. The Balaban J connectivity index is 2.15. The van der Waals surface area contributed by atoms with E-state index in [1.807, 2.05) is 11.8 Å². The molecule has 2 heterocycles. The third-order valence-electron chi connectivity index (χ3n) is 2.30. The molecule has 0 aliphatic carbocycles. The normalized spacial score (nSPS) is 20.1. The van der Waals surface area contributed by atoms with E-state index in [-0.39, 0.29) is 5.69 Å². The minimum absolute atomic E-state index is 0.106. The third kappa shape index (κ3) is 2.41.